The molecule has 4 rings (SSSR count). The molecule has 0 fully saturated rings. The van der Waals surface area contributed by atoms with Crippen LogP contribution in [0, 0.1) is 6.92 Å². The molecule has 0 unspecified atom stereocenters. The second-order valence-electron chi connectivity index (χ2n) is 6.15. The van der Waals surface area contributed by atoms with Gasteiger partial charge in [-0.05, 0) is 31.2 Å². The Kier molecular flexibility index (Phi) is 5.08. The van der Waals surface area contributed by atoms with E-state index in [-0.39, 0.29) is 22.3 Å². The van der Waals surface area contributed by atoms with Crippen LogP contribution in [0.2, 0.25) is 10.0 Å². The number of aryl methyl sites for hydroxylation is 1. The van der Waals surface area contributed by atoms with Crippen LogP contribution in [0.4, 0.5) is 0 Å². The second-order valence-corrected chi connectivity index (χ2v) is 6.93. The third kappa shape index (κ3) is 3.50. The number of halogens is 2. The van der Waals surface area contributed by atoms with Gasteiger partial charge in [-0.25, -0.2) is 9.48 Å². The van der Waals surface area contributed by atoms with Gasteiger partial charge < -0.3 is 9.15 Å². The van der Waals surface area contributed by atoms with Crippen molar-refractivity contribution in [3.63, 3.8) is 0 Å². The fourth-order valence-corrected chi connectivity index (χ4v) is 3.31. The molecule has 2 heterocycles. The maximum absolute atomic E-state index is 12.1. The zero-order valence-electron chi connectivity index (χ0n) is 15.4. The van der Waals surface area contributed by atoms with Gasteiger partial charge >= 0.3 is 5.97 Å². The summed E-state index contributed by atoms with van der Waals surface area (Å²) in [4.78, 5) is 12.1. The molecule has 0 aliphatic heterocycles. The van der Waals surface area contributed by atoms with Crippen molar-refractivity contribution in [1.82, 2.24) is 20.0 Å². The summed E-state index contributed by atoms with van der Waals surface area (Å²) < 4.78 is 12.0. The van der Waals surface area contributed by atoms with Gasteiger partial charge in [0.2, 0.25) is 5.89 Å². The van der Waals surface area contributed by atoms with Crippen LogP contribution in [0.3, 0.4) is 0 Å². The molecule has 0 atom stereocenters. The number of rotatable bonds is 4. The van der Waals surface area contributed by atoms with E-state index in [0.717, 1.165) is 11.1 Å². The summed E-state index contributed by atoms with van der Waals surface area (Å²) in [5.41, 5.74) is 2.47. The average Bonchev–Trinajstić information content (AvgIpc) is 3.32. The molecule has 0 bridgehead atoms. The van der Waals surface area contributed by atoms with E-state index in [1.54, 1.807) is 24.3 Å². The number of aromatic nitrogens is 4. The number of benzene rings is 2. The van der Waals surface area contributed by atoms with Gasteiger partial charge in [0, 0.05) is 5.56 Å². The first-order valence-corrected chi connectivity index (χ1v) is 9.28. The number of hydrogen-bond donors (Lipinski definition) is 0. The van der Waals surface area contributed by atoms with E-state index >= 15 is 0 Å². The predicted molar refractivity (Wildman–Crippen MR) is 108 cm³/mol. The molecular weight excluding hydrogens is 415 g/mol. The largest absolute Gasteiger partial charge is 0.464 e. The minimum atomic E-state index is -0.694. The molecule has 0 N–H and O–H groups in total. The Labute approximate surface area is 175 Å². The molecule has 0 amide bonds. The van der Waals surface area contributed by atoms with E-state index in [1.807, 2.05) is 31.2 Å². The number of ether oxygens (including phenoxy) is 1. The Hall–Kier alpha value is -3.16. The number of methoxy groups -OCH3 is 1. The van der Waals surface area contributed by atoms with E-state index in [9.17, 15) is 4.79 Å². The summed E-state index contributed by atoms with van der Waals surface area (Å²) in [6, 6.07) is 14.6. The van der Waals surface area contributed by atoms with Crippen molar-refractivity contribution in [3.8, 4) is 28.7 Å². The smallest absolute Gasteiger partial charge is 0.360 e. The lowest BCUT2D eigenvalue weighted by Gasteiger charge is -2.06. The highest BCUT2D eigenvalue weighted by Crippen LogP contribution is 2.35. The molecule has 0 saturated heterocycles. The Morgan fingerprint density at radius 3 is 2.55 bits per heavy atom. The van der Waals surface area contributed by atoms with Crippen molar-refractivity contribution < 1.29 is 13.9 Å². The summed E-state index contributed by atoms with van der Waals surface area (Å²) in [6.07, 6.45) is 0. The Morgan fingerprint density at radius 1 is 1.07 bits per heavy atom. The van der Waals surface area contributed by atoms with E-state index in [1.165, 1.54) is 11.8 Å². The van der Waals surface area contributed by atoms with Gasteiger partial charge in [-0.2, -0.15) is 5.10 Å². The van der Waals surface area contributed by atoms with Crippen molar-refractivity contribution in [2.75, 3.05) is 7.11 Å². The second kappa shape index (κ2) is 7.69. The molecule has 0 radical (unpaired) electrons. The fourth-order valence-electron chi connectivity index (χ4n) is 2.82. The summed E-state index contributed by atoms with van der Waals surface area (Å²) in [6.45, 7) is 1.97. The minimum absolute atomic E-state index is 0.0243. The molecule has 0 aliphatic carbocycles. The van der Waals surface area contributed by atoms with Crippen molar-refractivity contribution in [2.24, 2.45) is 0 Å². The summed E-state index contributed by atoms with van der Waals surface area (Å²) in [5.74, 6) is -0.291. The van der Waals surface area contributed by atoms with E-state index in [0.29, 0.717) is 16.6 Å². The quantitative estimate of drug-likeness (QED) is 0.425. The van der Waals surface area contributed by atoms with Gasteiger partial charge in [-0.1, -0.05) is 53.0 Å². The van der Waals surface area contributed by atoms with Gasteiger partial charge in [0.05, 0.1) is 17.8 Å². The maximum Gasteiger partial charge on any atom is 0.360 e. The number of carbonyl (C=O) groups is 1. The van der Waals surface area contributed by atoms with Crippen molar-refractivity contribution in [3.05, 3.63) is 69.8 Å². The summed E-state index contributed by atoms with van der Waals surface area (Å²) in [7, 11) is 1.25. The van der Waals surface area contributed by atoms with E-state index in [4.69, 9.17) is 32.4 Å². The number of carbonyl (C=O) groups excluding carboxylic acids is 1. The molecule has 9 heteroatoms. The van der Waals surface area contributed by atoms with Crippen molar-refractivity contribution >= 4 is 29.2 Å². The normalized spacial score (nSPS) is 10.9. The lowest BCUT2D eigenvalue weighted by Crippen LogP contribution is -2.05. The first-order valence-electron chi connectivity index (χ1n) is 8.52. The van der Waals surface area contributed by atoms with E-state index in [2.05, 4.69) is 15.3 Å². The van der Waals surface area contributed by atoms with Crippen LogP contribution < -0.4 is 0 Å². The van der Waals surface area contributed by atoms with Gasteiger partial charge in [-0.3, -0.25) is 0 Å². The molecule has 146 valence electrons. The molecule has 4 aromatic rings. The van der Waals surface area contributed by atoms with Crippen molar-refractivity contribution in [1.29, 1.82) is 0 Å². The van der Waals surface area contributed by atoms with Crippen LogP contribution in [0.1, 0.15) is 16.1 Å². The molecule has 0 aliphatic rings. The molecule has 2 aromatic heterocycles. The topological polar surface area (TPSA) is 83.0 Å². The van der Waals surface area contributed by atoms with Crippen LogP contribution in [-0.4, -0.2) is 33.1 Å². The molecule has 0 spiro atoms. The lowest BCUT2D eigenvalue weighted by atomic mass is 10.1. The number of para-hydroxylation sites is 1. The van der Waals surface area contributed by atoms with E-state index < -0.39 is 5.97 Å². The summed E-state index contributed by atoms with van der Waals surface area (Å²) in [5, 5.41) is 12.9. The van der Waals surface area contributed by atoms with Crippen molar-refractivity contribution in [2.45, 2.75) is 6.92 Å². The SMILES string of the molecule is COC(=O)c1nn(-c2ccccc2Cl)c(-c2nnc(-c3cccc(C)c3)o2)c1Cl. The summed E-state index contributed by atoms with van der Waals surface area (Å²) >= 11 is 12.8. The van der Waals surface area contributed by atoms with Gasteiger partial charge in [0.1, 0.15) is 5.02 Å². The van der Waals surface area contributed by atoms with Gasteiger partial charge in [0.25, 0.3) is 5.89 Å². The first-order chi connectivity index (χ1) is 14.0. The van der Waals surface area contributed by atoms with Crippen LogP contribution in [0.25, 0.3) is 28.7 Å². The number of nitrogens with zero attached hydrogens (tertiary/aromatic N) is 4. The Balaban J connectivity index is 1.90. The highest BCUT2D eigenvalue weighted by Gasteiger charge is 2.28. The fraction of sp³-hybridized carbons (Fsp3) is 0.100. The zero-order chi connectivity index (χ0) is 20.5. The van der Waals surface area contributed by atoms with Crippen LogP contribution in [-0.2, 0) is 4.74 Å². The van der Waals surface area contributed by atoms with Crippen LogP contribution in [0.15, 0.2) is 52.9 Å². The minimum Gasteiger partial charge on any atom is -0.464 e. The Morgan fingerprint density at radius 2 is 1.83 bits per heavy atom. The standard InChI is InChI=1S/C20H14Cl2N4O3/c1-11-6-5-7-12(10-11)18-23-24-19(29-18)17-15(22)16(20(27)28-2)25-26(17)14-9-4-3-8-13(14)21/h3-10H,1-2H3. The predicted octanol–water partition coefficient (Wildman–Crippen LogP) is 4.99. The molecule has 29 heavy (non-hydrogen) atoms. The maximum atomic E-state index is 12.1. The van der Waals surface area contributed by atoms with Crippen LogP contribution >= 0.6 is 23.2 Å². The van der Waals surface area contributed by atoms with Crippen LogP contribution in [0.5, 0.6) is 0 Å². The van der Waals surface area contributed by atoms with Gasteiger partial charge in [0.15, 0.2) is 11.4 Å². The number of hydrogen-bond acceptors (Lipinski definition) is 6. The average molecular weight is 429 g/mol. The monoisotopic (exact) mass is 428 g/mol. The molecule has 2 aromatic carbocycles. The third-order valence-corrected chi connectivity index (χ3v) is 4.86. The lowest BCUT2D eigenvalue weighted by molar-refractivity contribution is 0.0593. The number of esters is 1. The zero-order valence-corrected chi connectivity index (χ0v) is 16.9. The highest BCUT2D eigenvalue weighted by atomic mass is 35.5. The Bertz CT molecular complexity index is 1220. The highest BCUT2D eigenvalue weighted by molar-refractivity contribution is 6.36. The molecule has 0 saturated carbocycles. The molecular formula is C20H14Cl2N4O3. The third-order valence-electron chi connectivity index (χ3n) is 4.18. The van der Waals surface area contributed by atoms with Gasteiger partial charge in [-0.15, -0.1) is 10.2 Å². The molecule has 7 nitrogen and oxygen atoms in total. The first kappa shape index (κ1) is 19.2.